The molecule has 3 aromatic rings. The van der Waals surface area contributed by atoms with Crippen LogP contribution in [0.15, 0.2) is 47.1 Å². The number of rotatable bonds is 5. The second-order valence-corrected chi connectivity index (χ2v) is 4.52. The lowest BCUT2D eigenvalue weighted by atomic mass is 10.0. The molecule has 0 bridgehead atoms. The molecule has 0 saturated carbocycles. The minimum atomic E-state index is 0.557. The van der Waals surface area contributed by atoms with Gasteiger partial charge in [-0.1, -0.05) is 23.4 Å². The Labute approximate surface area is 117 Å². The maximum Gasteiger partial charge on any atom is 0.258 e. The average molecular weight is 268 g/mol. The van der Waals surface area contributed by atoms with E-state index in [2.05, 4.69) is 26.5 Å². The molecule has 5 heteroatoms. The van der Waals surface area contributed by atoms with Gasteiger partial charge in [0.1, 0.15) is 0 Å². The Morgan fingerprint density at radius 3 is 2.90 bits per heavy atom. The van der Waals surface area contributed by atoms with Crippen LogP contribution in [0, 0.1) is 0 Å². The van der Waals surface area contributed by atoms with Crippen LogP contribution in [-0.4, -0.2) is 28.7 Å². The van der Waals surface area contributed by atoms with Crippen molar-refractivity contribution in [2.75, 3.05) is 13.6 Å². The van der Waals surface area contributed by atoms with E-state index < -0.39 is 0 Å². The first-order valence-electron chi connectivity index (χ1n) is 6.59. The van der Waals surface area contributed by atoms with Crippen LogP contribution >= 0.6 is 0 Å². The molecule has 5 nitrogen and oxygen atoms in total. The number of nitrogens with one attached hydrogen (secondary N) is 2. The van der Waals surface area contributed by atoms with Gasteiger partial charge in [-0.05, 0) is 43.8 Å². The molecule has 0 aliphatic rings. The lowest BCUT2D eigenvalue weighted by Crippen LogP contribution is -2.10. The van der Waals surface area contributed by atoms with Gasteiger partial charge in [-0.3, -0.25) is 0 Å². The molecule has 0 unspecified atom stereocenters. The van der Waals surface area contributed by atoms with Gasteiger partial charge in [0.25, 0.3) is 5.89 Å². The Kier molecular flexibility index (Phi) is 3.60. The van der Waals surface area contributed by atoms with Crippen LogP contribution < -0.4 is 5.32 Å². The van der Waals surface area contributed by atoms with E-state index in [0.717, 1.165) is 24.2 Å². The molecule has 0 spiro atoms. The Balaban J connectivity index is 1.93. The third-order valence-electron chi connectivity index (χ3n) is 3.16. The summed E-state index contributed by atoms with van der Waals surface area (Å²) >= 11 is 0. The van der Waals surface area contributed by atoms with Crippen LogP contribution in [0.25, 0.3) is 23.0 Å². The van der Waals surface area contributed by atoms with E-state index in [9.17, 15) is 0 Å². The van der Waals surface area contributed by atoms with E-state index in [1.54, 1.807) is 0 Å². The standard InChI is InChI=1S/C15H16N4O/c1-16-10-8-11-5-2-3-6-12(11)15-18-14(19-20-15)13-7-4-9-17-13/h2-7,9,16-17H,8,10H2,1H3. The van der Waals surface area contributed by atoms with E-state index in [1.165, 1.54) is 5.56 Å². The number of aromatic nitrogens is 3. The number of benzene rings is 1. The number of nitrogens with zero attached hydrogens (tertiary/aromatic N) is 2. The second-order valence-electron chi connectivity index (χ2n) is 4.52. The molecule has 0 aliphatic carbocycles. The fourth-order valence-electron chi connectivity index (χ4n) is 2.12. The summed E-state index contributed by atoms with van der Waals surface area (Å²) in [5, 5.41) is 7.17. The van der Waals surface area contributed by atoms with Gasteiger partial charge in [0, 0.05) is 11.8 Å². The minimum absolute atomic E-state index is 0.557. The van der Waals surface area contributed by atoms with Gasteiger partial charge < -0.3 is 14.8 Å². The summed E-state index contributed by atoms with van der Waals surface area (Å²) in [6, 6.07) is 11.9. The molecule has 1 aromatic carbocycles. The highest BCUT2D eigenvalue weighted by Crippen LogP contribution is 2.24. The maximum atomic E-state index is 5.39. The normalized spacial score (nSPS) is 10.8. The van der Waals surface area contributed by atoms with Crippen molar-refractivity contribution < 1.29 is 4.52 Å². The summed E-state index contributed by atoms with van der Waals surface area (Å²) in [6.45, 7) is 0.911. The SMILES string of the molecule is CNCCc1ccccc1-c1nc(-c2ccc[nH]2)no1. The number of H-pyrrole nitrogens is 1. The summed E-state index contributed by atoms with van der Waals surface area (Å²) in [5.41, 5.74) is 3.05. The van der Waals surface area contributed by atoms with Crippen LogP contribution in [0.2, 0.25) is 0 Å². The van der Waals surface area contributed by atoms with Crippen LogP contribution in [-0.2, 0) is 6.42 Å². The molecule has 0 saturated heterocycles. The second kappa shape index (κ2) is 5.71. The van der Waals surface area contributed by atoms with Crippen molar-refractivity contribution in [2.45, 2.75) is 6.42 Å². The zero-order chi connectivity index (χ0) is 13.8. The molecule has 0 atom stereocenters. The molecule has 2 heterocycles. The van der Waals surface area contributed by atoms with Crippen molar-refractivity contribution in [1.29, 1.82) is 0 Å². The molecular weight excluding hydrogens is 252 g/mol. The number of hydrogen-bond donors (Lipinski definition) is 2. The first-order valence-corrected chi connectivity index (χ1v) is 6.59. The van der Waals surface area contributed by atoms with Crippen molar-refractivity contribution in [2.24, 2.45) is 0 Å². The van der Waals surface area contributed by atoms with Gasteiger partial charge in [0.2, 0.25) is 5.82 Å². The van der Waals surface area contributed by atoms with Crippen LogP contribution in [0.5, 0.6) is 0 Å². The van der Waals surface area contributed by atoms with E-state index in [4.69, 9.17) is 4.52 Å². The zero-order valence-electron chi connectivity index (χ0n) is 11.3. The lowest BCUT2D eigenvalue weighted by molar-refractivity contribution is 0.431. The topological polar surface area (TPSA) is 66.7 Å². The van der Waals surface area contributed by atoms with Crippen LogP contribution in [0.4, 0.5) is 0 Å². The smallest absolute Gasteiger partial charge is 0.258 e. The van der Waals surface area contributed by atoms with Crippen LogP contribution in [0.3, 0.4) is 0 Å². The first-order chi connectivity index (χ1) is 9.88. The number of hydrogen-bond acceptors (Lipinski definition) is 4. The number of aromatic amines is 1. The predicted octanol–water partition coefficient (Wildman–Crippen LogP) is 2.49. The molecule has 2 aromatic heterocycles. The minimum Gasteiger partial charge on any atom is -0.359 e. The van der Waals surface area contributed by atoms with Crippen molar-refractivity contribution in [3.63, 3.8) is 0 Å². The van der Waals surface area contributed by atoms with Gasteiger partial charge in [-0.2, -0.15) is 4.98 Å². The van der Waals surface area contributed by atoms with Gasteiger partial charge >= 0.3 is 0 Å². The highest BCUT2D eigenvalue weighted by molar-refractivity contribution is 5.61. The Bertz CT molecular complexity index is 673. The third kappa shape index (κ3) is 2.48. The van der Waals surface area contributed by atoms with Gasteiger partial charge in [0.15, 0.2) is 0 Å². The maximum absolute atomic E-state index is 5.39. The fraction of sp³-hybridized carbons (Fsp3) is 0.200. The summed E-state index contributed by atoms with van der Waals surface area (Å²) in [5.74, 6) is 1.13. The number of likely N-dealkylation sites (N-methyl/N-ethyl adjacent to an activating group) is 1. The average Bonchev–Trinajstić information content (AvgIpc) is 3.15. The van der Waals surface area contributed by atoms with E-state index in [-0.39, 0.29) is 0 Å². The highest BCUT2D eigenvalue weighted by atomic mass is 16.5. The summed E-state index contributed by atoms with van der Waals surface area (Å²) in [4.78, 5) is 7.53. The van der Waals surface area contributed by atoms with Crippen LogP contribution in [0.1, 0.15) is 5.56 Å². The van der Waals surface area contributed by atoms with Gasteiger partial charge in [-0.25, -0.2) is 0 Å². The van der Waals surface area contributed by atoms with Crippen molar-refractivity contribution in [1.82, 2.24) is 20.4 Å². The molecular formula is C15H16N4O. The molecule has 0 radical (unpaired) electrons. The summed E-state index contributed by atoms with van der Waals surface area (Å²) in [6.07, 6.45) is 2.76. The molecule has 2 N–H and O–H groups in total. The summed E-state index contributed by atoms with van der Waals surface area (Å²) in [7, 11) is 1.94. The predicted molar refractivity (Wildman–Crippen MR) is 77.2 cm³/mol. The molecule has 0 fully saturated rings. The lowest BCUT2D eigenvalue weighted by Gasteiger charge is -2.04. The van der Waals surface area contributed by atoms with Gasteiger partial charge in [0.05, 0.1) is 5.69 Å². The van der Waals surface area contributed by atoms with E-state index in [1.807, 2.05) is 43.6 Å². The Hall–Kier alpha value is -2.40. The quantitative estimate of drug-likeness (QED) is 0.746. The Morgan fingerprint density at radius 1 is 1.20 bits per heavy atom. The third-order valence-corrected chi connectivity index (χ3v) is 3.16. The van der Waals surface area contributed by atoms with Gasteiger partial charge in [-0.15, -0.1) is 0 Å². The van der Waals surface area contributed by atoms with Crippen molar-refractivity contribution in [3.8, 4) is 23.0 Å². The molecule has 0 aliphatic heterocycles. The zero-order valence-corrected chi connectivity index (χ0v) is 11.3. The molecule has 102 valence electrons. The fourth-order valence-corrected chi connectivity index (χ4v) is 2.12. The van der Waals surface area contributed by atoms with E-state index >= 15 is 0 Å². The largest absolute Gasteiger partial charge is 0.359 e. The Morgan fingerprint density at radius 2 is 2.10 bits per heavy atom. The van der Waals surface area contributed by atoms with E-state index in [0.29, 0.717) is 11.7 Å². The summed E-state index contributed by atoms with van der Waals surface area (Å²) < 4.78 is 5.39. The first kappa shape index (κ1) is 12.6. The van der Waals surface area contributed by atoms with Crippen molar-refractivity contribution >= 4 is 0 Å². The highest BCUT2D eigenvalue weighted by Gasteiger charge is 2.13. The molecule has 20 heavy (non-hydrogen) atoms. The molecule has 0 amide bonds. The monoisotopic (exact) mass is 268 g/mol. The molecule has 3 rings (SSSR count). The van der Waals surface area contributed by atoms with Crippen molar-refractivity contribution in [3.05, 3.63) is 48.2 Å².